The number of benzene rings is 4. The van der Waals surface area contributed by atoms with Crippen LogP contribution in [0.2, 0.25) is 0 Å². The summed E-state index contributed by atoms with van der Waals surface area (Å²) in [6, 6.07) is 24.9. The van der Waals surface area contributed by atoms with Crippen molar-refractivity contribution in [3.05, 3.63) is 123 Å². The number of thioether (sulfide) groups is 1. The Morgan fingerprint density at radius 2 is 1.73 bits per heavy atom. The maximum absolute atomic E-state index is 14.7. The lowest BCUT2D eigenvalue weighted by Gasteiger charge is -2.32. The van der Waals surface area contributed by atoms with Crippen molar-refractivity contribution in [2.75, 3.05) is 16.3 Å². The summed E-state index contributed by atoms with van der Waals surface area (Å²) in [5, 5.41) is 11.2. The van der Waals surface area contributed by atoms with Crippen LogP contribution in [0, 0.1) is 5.82 Å². The van der Waals surface area contributed by atoms with E-state index in [0.717, 1.165) is 28.5 Å². The number of hydrogen-bond donors (Lipinski definition) is 0. The number of nitrogens with zero attached hydrogens (tertiary/aromatic N) is 4. The molecule has 2 aromatic heterocycles. The second kappa shape index (κ2) is 10.4. The molecule has 1 spiro atoms. The predicted molar refractivity (Wildman–Crippen MR) is 173 cm³/mol. The van der Waals surface area contributed by atoms with Gasteiger partial charge in [0.05, 0.1) is 16.6 Å². The second-order valence-corrected chi connectivity index (χ2v) is 13.1. The number of carbonyl (C=O) groups is 2. The quantitative estimate of drug-likeness (QED) is 0.145. The smallest absolute Gasteiger partial charge is 0.297 e. The molecule has 0 N–H and O–H groups in total. The van der Waals surface area contributed by atoms with Crippen molar-refractivity contribution in [1.29, 1.82) is 0 Å². The maximum Gasteiger partial charge on any atom is 0.297 e. The average molecular weight is 635 g/mol. The van der Waals surface area contributed by atoms with E-state index in [1.807, 2.05) is 25.1 Å². The van der Waals surface area contributed by atoms with E-state index in [1.165, 1.54) is 34.1 Å². The fraction of sp³-hybridized carbons (Fsp3) is 0.147. The third-order valence-corrected chi connectivity index (χ3v) is 10.4. The van der Waals surface area contributed by atoms with Crippen molar-refractivity contribution in [3.63, 3.8) is 0 Å². The molecule has 2 aliphatic rings. The van der Waals surface area contributed by atoms with E-state index in [0.29, 0.717) is 34.3 Å². The monoisotopic (exact) mass is 634 g/mol. The van der Waals surface area contributed by atoms with Gasteiger partial charge in [0.1, 0.15) is 11.4 Å². The standard InChI is InChI=1S/C34H23FN4O4S2/c1-2-16-38-25-13-6-5-12-24(25)34(31(38)42)27-28(40)23-17-21(35)14-15-26(23)43-29(27)30(41)39(34)32-36-37-33(45-32)44-18-20-10-7-9-19-8-3-4-11-22(19)20/h3-15,17H,2,16,18H2,1H3. The lowest BCUT2D eigenvalue weighted by atomic mass is 9.84. The first-order chi connectivity index (χ1) is 21.9. The van der Waals surface area contributed by atoms with Crippen molar-refractivity contribution >= 4 is 67.5 Å². The zero-order valence-corrected chi connectivity index (χ0v) is 25.5. The summed E-state index contributed by atoms with van der Waals surface area (Å²) in [5.74, 6) is -1.44. The molecule has 0 saturated carbocycles. The highest BCUT2D eigenvalue weighted by Crippen LogP contribution is 2.54. The van der Waals surface area contributed by atoms with Gasteiger partial charge in [0.2, 0.25) is 10.9 Å². The highest BCUT2D eigenvalue weighted by atomic mass is 32.2. The van der Waals surface area contributed by atoms with E-state index in [1.54, 1.807) is 29.2 Å². The van der Waals surface area contributed by atoms with E-state index in [-0.39, 0.29) is 27.4 Å². The molecular formula is C34H23FN4O4S2. The summed E-state index contributed by atoms with van der Waals surface area (Å²) >= 11 is 2.64. The van der Waals surface area contributed by atoms with Crippen LogP contribution in [0.3, 0.4) is 0 Å². The highest BCUT2D eigenvalue weighted by Gasteiger charge is 2.66. The maximum atomic E-state index is 14.7. The fourth-order valence-electron chi connectivity index (χ4n) is 6.49. The number of amides is 2. The zero-order chi connectivity index (χ0) is 30.9. The number of halogens is 1. The molecule has 4 heterocycles. The molecule has 222 valence electrons. The summed E-state index contributed by atoms with van der Waals surface area (Å²) in [6.07, 6.45) is 0.641. The van der Waals surface area contributed by atoms with Crippen molar-refractivity contribution in [2.45, 2.75) is 29.0 Å². The molecule has 45 heavy (non-hydrogen) atoms. The van der Waals surface area contributed by atoms with Crippen LogP contribution in [-0.2, 0) is 16.1 Å². The Hall–Kier alpha value is -4.87. The topological polar surface area (TPSA) is 96.6 Å². The van der Waals surface area contributed by atoms with Crippen LogP contribution in [0.25, 0.3) is 21.7 Å². The lowest BCUT2D eigenvalue weighted by molar-refractivity contribution is -0.121. The highest BCUT2D eigenvalue weighted by molar-refractivity contribution is 8.00. The summed E-state index contributed by atoms with van der Waals surface area (Å²) in [5.41, 5.74) is -0.447. The van der Waals surface area contributed by atoms with Gasteiger partial charge >= 0.3 is 0 Å². The number of rotatable bonds is 6. The Morgan fingerprint density at radius 3 is 2.60 bits per heavy atom. The molecule has 0 fully saturated rings. The number of hydrogen-bond acceptors (Lipinski definition) is 8. The zero-order valence-electron chi connectivity index (χ0n) is 23.8. The number of para-hydroxylation sites is 1. The molecule has 0 bridgehead atoms. The molecule has 1 unspecified atom stereocenters. The minimum atomic E-state index is -1.89. The Labute approximate surface area is 264 Å². The molecule has 0 saturated heterocycles. The summed E-state index contributed by atoms with van der Waals surface area (Å²) in [4.78, 5) is 46.1. The molecule has 8 nitrogen and oxygen atoms in total. The lowest BCUT2D eigenvalue weighted by Crippen LogP contribution is -2.53. The van der Waals surface area contributed by atoms with Gasteiger partial charge in [-0.3, -0.25) is 19.3 Å². The molecule has 1 atom stereocenters. The van der Waals surface area contributed by atoms with E-state index >= 15 is 0 Å². The van der Waals surface area contributed by atoms with Crippen LogP contribution in [0.1, 0.15) is 40.6 Å². The first-order valence-corrected chi connectivity index (χ1v) is 16.2. The average Bonchev–Trinajstić information content (AvgIpc) is 3.69. The van der Waals surface area contributed by atoms with E-state index in [9.17, 15) is 18.8 Å². The van der Waals surface area contributed by atoms with Crippen LogP contribution >= 0.6 is 23.1 Å². The van der Waals surface area contributed by atoms with Gasteiger partial charge in [0, 0.05) is 17.9 Å². The van der Waals surface area contributed by atoms with Crippen molar-refractivity contribution < 1.29 is 18.4 Å². The van der Waals surface area contributed by atoms with Crippen molar-refractivity contribution in [3.8, 4) is 0 Å². The first kappa shape index (κ1) is 27.7. The number of anilines is 2. The van der Waals surface area contributed by atoms with Crippen LogP contribution in [0.5, 0.6) is 0 Å². The van der Waals surface area contributed by atoms with Crippen molar-refractivity contribution in [2.24, 2.45) is 0 Å². The van der Waals surface area contributed by atoms with Gasteiger partial charge in [-0.25, -0.2) is 4.39 Å². The number of fused-ring (bicyclic) bond motifs is 6. The minimum absolute atomic E-state index is 0.0504. The van der Waals surface area contributed by atoms with Crippen LogP contribution in [0.15, 0.2) is 98.5 Å². The van der Waals surface area contributed by atoms with Crippen LogP contribution in [0.4, 0.5) is 15.2 Å². The second-order valence-electron chi connectivity index (χ2n) is 10.9. The van der Waals surface area contributed by atoms with Gasteiger partial charge < -0.3 is 9.32 Å². The van der Waals surface area contributed by atoms with E-state index in [2.05, 4.69) is 34.5 Å². The van der Waals surface area contributed by atoms with E-state index < -0.39 is 28.6 Å². The van der Waals surface area contributed by atoms with E-state index in [4.69, 9.17) is 4.42 Å². The molecule has 8 rings (SSSR count). The third-order valence-electron chi connectivity index (χ3n) is 8.35. The molecule has 6 aromatic rings. The largest absolute Gasteiger partial charge is 0.450 e. The SMILES string of the molecule is CCCN1C(=O)C2(c3ccccc31)c1c(oc3ccc(F)cc3c1=O)C(=O)N2c1nnc(SCc2cccc3ccccc23)s1. The molecule has 2 amide bonds. The Bertz CT molecular complexity index is 2260. The first-order valence-electron chi connectivity index (χ1n) is 14.4. The molecule has 2 aliphatic heterocycles. The molecular weight excluding hydrogens is 612 g/mol. The van der Waals surface area contributed by atoms with Gasteiger partial charge in [-0.15, -0.1) is 10.2 Å². The Balaban J connectivity index is 1.29. The summed E-state index contributed by atoms with van der Waals surface area (Å²) in [7, 11) is 0. The van der Waals surface area contributed by atoms with Crippen LogP contribution in [-0.4, -0.2) is 28.6 Å². The minimum Gasteiger partial charge on any atom is -0.450 e. The number of carbonyl (C=O) groups excluding carboxylic acids is 2. The predicted octanol–water partition coefficient (Wildman–Crippen LogP) is 6.89. The van der Waals surface area contributed by atoms with Crippen LogP contribution < -0.4 is 15.2 Å². The van der Waals surface area contributed by atoms with Crippen molar-refractivity contribution in [1.82, 2.24) is 10.2 Å². The molecule has 0 aliphatic carbocycles. The Kier molecular flexibility index (Phi) is 6.36. The summed E-state index contributed by atoms with van der Waals surface area (Å²) < 4.78 is 21.0. The Morgan fingerprint density at radius 1 is 0.933 bits per heavy atom. The normalized spacial score (nSPS) is 17.2. The van der Waals surface area contributed by atoms with Gasteiger partial charge in [0.15, 0.2) is 15.3 Å². The summed E-state index contributed by atoms with van der Waals surface area (Å²) in [6.45, 7) is 2.31. The van der Waals surface area contributed by atoms with Gasteiger partial charge in [0.25, 0.3) is 11.8 Å². The molecule has 0 radical (unpaired) electrons. The molecule has 11 heteroatoms. The third kappa shape index (κ3) is 3.93. The fourth-order valence-corrected chi connectivity index (χ4v) is 8.39. The number of aromatic nitrogens is 2. The van der Waals surface area contributed by atoms with Gasteiger partial charge in [-0.2, -0.15) is 0 Å². The van der Waals surface area contributed by atoms with Gasteiger partial charge in [-0.05, 0) is 47.0 Å². The van der Waals surface area contributed by atoms with Gasteiger partial charge in [-0.1, -0.05) is 90.7 Å². The molecule has 4 aromatic carbocycles.